The molecule has 0 saturated carbocycles. The predicted octanol–water partition coefficient (Wildman–Crippen LogP) is 8.11. The molecule has 6 heteroatoms. The fraction of sp³-hybridized carbons (Fsp3) is 0.0455. The van der Waals surface area contributed by atoms with Gasteiger partial charge in [0.1, 0.15) is 12.4 Å². The SMILES string of the molecule is N#C/C(=C/c1cc(Br)c(OCc2ccc(Cl)cc2)c(Br)c1)c1ccc(I)cc1. The number of nitriles is 1. The van der Waals surface area contributed by atoms with Crippen LogP contribution >= 0.6 is 66.1 Å². The molecule has 0 saturated heterocycles. The molecule has 140 valence electrons. The average Bonchev–Trinajstić information content (AvgIpc) is 2.67. The summed E-state index contributed by atoms with van der Waals surface area (Å²) in [5.41, 5.74) is 3.41. The highest BCUT2D eigenvalue weighted by Gasteiger charge is 2.10. The van der Waals surface area contributed by atoms with Gasteiger partial charge in [-0.2, -0.15) is 5.26 Å². The van der Waals surface area contributed by atoms with E-state index in [0.29, 0.717) is 23.0 Å². The van der Waals surface area contributed by atoms with Crippen LogP contribution in [-0.2, 0) is 6.61 Å². The zero-order valence-electron chi connectivity index (χ0n) is 14.4. The number of allylic oxidation sites excluding steroid dienone is 1. The predicted molar refractivity (Wildman–Crippen MR) is 130 cm³/mol. The smallest absolute Gasteiger partial charge is 0.148 e. The molecular formula is C22H13Br2ClINO. The monoisotopic (exact) mass is 627 g/mol. The average molecular weight is 630 g/mol. The summed E-state index contributed by atoms with van der Waals surface area (Å²) >= 11 is 15.3. The van der Waals surface area contributed by atoms with E-state index in [1.54, 1.807) is 0 Å². The first-order valence-corrected chi connectivity index (χ1v) is 11.2. The molecule has 0 bridgehead atoms. The molecule has 0 aliphatic heterocycles. The van der Waals surface area contributed by atoms with Crippen LogP contribution < -0.4 is 4.74 Å². The first-order chi connectivity index (χ1) is 13.5. The Labute approximate surface area is 199 Å². The van der Waals surface area contributed by atoms with Gasteiger partial charge < -0.3 is 4.74 Å². The normalized spacial score (nSPS) is 11.2. The highest BCUT2D eigenvalue weighted by atomic mass is 127. The van der Waals surface area contributed by atoms with Crippen molar-refractivity contribution < 1.29 is 4.74 Å². The Bertz CT molecular complexity index is 1030. The van der Waals surface area contributed by atoms with Crippen LogP contribution in [-0.4, -0.2) is 0 Å². The fourth-order valence-electron chi connectivity index (χ4n) is 2.51. The number of nitrogens with zero attached hydrogens (tertiary/aromatic N) is 1. The van der Waals surface area contributed by atoms with E-state index in [4.69, 9.17) is 16.3 Å². The van der Waals surface area contributed by atoms with Gasteiger partial charge in [0.2, 0.25) is 0 Å². The van der Waals surface area contributed by atoms with Crippen molar-refractivity contribution in [1.82, 2.24) is 0 Å². The number of hydrogen-bond donors (Lipinski definition) is 0. The van der Waals surface area contributed by atoms with E-state index >= 15 is 0 Å². The molecule has 0 radical (unpaired) electrons. The molecule has 3 rings (SSSR count). The molecule has 3 aromatic carbocycles. The molecule has 0 spiro atoms. The van der Waals surface area contributed by atoms with Crippen molar-refractivity contribution in [3.05, 3.63) is 94.9 Å². The second-order valence-corrected chi connectivity index (χ2v) is 9.30. The highest BCUT2D eigenvalue weighted by molar-refractivity contribution is 14.1. The maximum Gasteiger partial charge on any atom is 0.148 e. The Morgan fingerprint density at radius 1 is 1.04 bits per heavy atom. The van der Waals surface area contributed by atoms with Gasteiger partial charge in [-0.25, -0.2) is 0 Å². The van der Waals surface area contributed by atoms with Crippen LogP contribution in [0.3, 0.4) is 0 Å². The van der Waals surface area contributed by atoms with Crippen molar-refractivity contribution in [2.45, 2.75) is 6.61 Å². The summed E-state index contributed by atoms with van der Waals surface area (Å²) in [4.78, 5) is 0. The van der Waals surface area contributed by atoms with Gasteiger partial charge in [-0.15, -0.1) is 0 Å². The van der Waals surface area contributed by atoms with Crippen LogP contribution in [0, 0.1) is 14.9 Å². The molecule has 28 heavy (non-hydrogen) atoms. The van der Waals surface area contributed by atoms with Crippen molar-refractivity contribution in [2.75, 3.05) is 0 Å². The van der Waals surface area contributed by atoms with Gasteiger partial charge in [-0.05, 0) is 114 Å². The van der Waals surface area contributed by atoms with Gasteiger partial charge in [0.05, 0.1) is 20.6 Å². The van der Waals surface area contributed by atoms with Crippen LogP contribution in [0.5, 0.6) is 5.75 Å². The third kappa shape index (κ3) is 5.60. The molecule has 2 nitrogen and oxygen atoms in total. The minimum absolute atomic E-state index is 0.426. The van der Waals surface area contributed by atoms with Crippen LogP contribution in [0.25, 0.3) is 11.6 Å². The molecule has 0 heterocycles. The lowest BCUT2D eigenvalue weighted by atomic mass is 10.0. The van der Waals surface area contributed by atoms with Crippen molar-refractivity contribution in [3.63, 3.8) is 0 Å². The van der Waals surface area contributed by atoms with Gasteiger partial charge >= 0.3 is 0 Å². The summed E-state index contributed by atoms with van der Waals surface area (Å²) in [6, 6.07) is 21.6. The van der Waals surface area contributed by atoms with E-state index < -0.39 is 0 Å². The Morgan fingerprint density at radius 3 is 2.21 bits per heavy atom. The summed E-state index contributed by atoms with van der Waals surface area (Å²) in [7, 11) is 0. The van der Waals surface area contributed by atoms with Crippen LogP contribution in [0.15, 0.2) is 69.6 Å². The topological polar surface area (TPSA) is 33.0 Å². The van der Waals surface area contributed by atoms with E-state index in [0.717, 1.165) is 29.2 Å². The first kappa shape index (κ1) is 21.4. The number of hydrogen-bond acceptors (Lipinski definition) is 2. The fourth-order valence-corrected chi connectivity index (χ4v) is 4.45. The molecule has 0 aromatic heterocycles. The lowest BCUT2D eigenvalue weighted by Gasteiger charge is -2.12. The number of halogens is 4. The maximum atomic E-state index is 9.56. The highest BCUT2D eigenvalue weighted by Crippen LogP contribution is 2.36. The minimum Gasteiger partial charge on any atom is -0.487 e. The number of ether oxygens (including phenoxy) is 1. The van der Waals surface area contributed by atoms with Crippen molar-refractivity contribution in [1.29, 1.82) is 5.26 Å². The van der Waals surface area contributed by atoms with Crippen LogP contribution in [0.2, 0.25) is 5.02 Å². The summed E-state index contributed by atoms with van der Waals surface area (Å²) in [6.45, 7) is 0.426. The van der Waals surface area contributed by atoms with Crippen LogP contribution in [0.1, 0.15) is 16.7 Å². The minimum atomic E-state index is 0.426. The molecule has 0 aliphatic carbocycles. The Hall–Kier alpha value is -1.33. The molecule has 3 aromatic rings. The zero-order valence-corrected chi connectivity index (χ0v) is 20.5. The van der Waals surface area contributed by atoms with Gasteiger partial charge in [0.15, 0.2) is 0 Å². The number of benzene rings is 3. The van der Waals surface area contributed by atoms with Crippen molar-refractivity contribution in [3.8, 4) is 11.8 Å². The van der Waals surface area contributed by atoms with Gasteiger partial charge in [0.25, 0.3) is 0 Å². The summed E-state index contributed by atoms with van der Waals surface area (Å²) in [5, 5.41) is 10.3. The van der Waals surface area contributed by atoms with E-state index in [1.165, 1.54) is 0 Å². The molecule has 0 aliphatic rings. The quantitative estimate of drug-likeness (QED) is 0.162. The van der Waals surface area contributed by atoms with Gasteiger partial charge in [-0.3, -0.25) is 0 Å². The molecule has 0 amide bonds. The lowest BCUT2D eigenvalue weighted by molar-refractivity contribution is 0.302. The lowest BCUT2D eigenvalue weighted by Crippen LogP contribution is -1.97. The molecule has 0 atom stereocenters. The summed E-state index contributed by atoms with van der Waals surface area (Å²) in [6.07, 6.45) is 1.86. The Kier molecular flexibility index (Phi) is 7.58. The second kappa shape index (κ2) is 9.93. The Morgan fingerprint density at radius 2 is 1.64 bits per heavy atom. The van der Waals surface area contributed by atoms with Gasteiger partial charge in [-0.1, -0.05) is 35.9 Å². The summed E-state index contributed by atoms with van der Waals surface area (Å²) < 4.78 is 8.70. The Balaban J connectivity index is 1.83. The second-order valence-electron chi connectivity index (χ2n) is 5.91. The van der Waals surface area contributed by atoms with Crippen molar-refractivity contribution >= 4 is 77.7 Å². The molecule has 0 unspecified atom stereocenters. The van der Waals surface area contributed by atoms with Crippen molar-refractivity contribution in [2.24, 2.45) is 0 Å². The zero-order chi connectivity index (χ0) is 20.1. The molecule has 0 fully saturated rings. The largest absolute Gasteiger partial charge is 0.487 e. The van der Waals surface area contributed by atoms with Gasteiger partial charge in [0, 0.05) is 8.59 Å². The van der Waals surface area contributed by atoms with E-state index in [-0.39, 0.29) is 0 Å². The molecular weight excluding hydrogens is 616 g/mol. The maximum absolute atomic E-state index is 9.56. The number of rotatable bonds is 5. The van der Waals surface area contributed by atoms with Crippen LogP contribution in [0.4, 0.5) is 0 Å². The van der Waals surface area contributed by atoms with E-state index in [9.17, 15) is 5.26 Å². The third-order valence-corrected chi connectivity index (χ3v) is 6.05. The standard InChI is InChI=1S/C22H13Br2ClINO/c23-20-10-15(9-17(12-27)16-3-7-19(26)8-4-16)11-21(24)22(20)28-13-14-1-5-18(25)6-2-14/h1-11H,13H2/b17-9-. The van der Waals surface area contributed by atoms with E-state index in [1.807, 2.05) is 66.7 Å². The third-order valence-electron chi connectivity index (χ3n) is 3.90. The first-order valence-electron chi connectivity index (χ1n) is 8.20. The van der Waals surface area contributed by atoms with E-state index in [2.05, 4.69) is 60.5 Å². The molecule has 0 N–H and O–H groups in total. The summed E-state index contributed by atoms with van der Waals surface area (Å²) in [5.74, 6) is 0.708.